The maximum absolute atomic E-state index is 12.6. The van der Waals surface area contributed by atoms with E-state index in [1.807, 2.05) is 30.3 Å². The van der Waals surface area contributed by atoms with Gasteiger partial charge in [0.15, 0.2) is 0 Å². The van der Waals surface area contributed by atoms with Gasteiger partial charge in [-0.1, -0.05) is 6.07 Å². The van der Waals surface area contributed by atoms with E-state index in [0.717, 1.165) is 36.3 Å². The fourth-order valence-corrected chi connectivity index (χ4v) is 4.36. The topological polar surface area (TPSA) is 77.2 Å². The maximum Gasteiger partial charge on any atom is 0.256 e. The van der Waals surface area contributed by atoms with Crippen LogP contribution in [0.1, 0.15) is 33.8 Å². The number of carbonyl (C=O) groups is 1. The lowest BCUT2D eigenvalue weighted by molar-refractivity contribution is 0.102. The van der Waals surface area contributed by atoms with Crippen LogP contribution in [0.15, 0.2) is 41.9 Å². The van der Waals surface area contributed by atoms with Crippen LogP contribution in [0.3, 0.4) is 0 Å². The number of fused-ring (bicyclic) bond motifs is 1. The molecule has 6 heteroatoms. The average molecular weight is 367 g/mol. The Hall–Kier alpha value is -2.28. The zero-order chi connectivity index (χ0) is 17.9. The van der Waals surface area contributed by atoms with E-state index in [2.05, 4.69) is 15.7 Å². The molecule has 0 saturated carbocycles. The number of carbonyl (C=O) groups excluding carboxylic acids is 1. The van der Waals surface area contributed by atoms with Crippen LogP contribution in [0.25, 0.3) is 10.1 Å². The summed E-state index contributed by atoms with van der Waals surface area (Å²) in [6.07, 6.45) is 3.61. The van der Waals surface area contributed by atoms with Crippen LogP contribution in [-0.2, 0) is 11.2 Å². The van der Waals surface area contributed by atoms with Gasteiger partial charge < -0.3 is 15.8 Å². The fourth-order valence-electron chi connectivity index (χ4n) is 3.33. The normalized spacial score (nSPS) is 16.9. The van der Waals surface area contributed by atoms with E-state index in [1.165, 1.54) is 10.9 Å². The zero-order valence-corrected chi connectivity index (χ0v) is 15.2. The number of hydrogen-bond acceptors (Lipinski definition) is 5. The van der Waals surface area contributed by atoms with Gasteiger partial charge in [0.05, 0.1) is 6.61 Å². The smallest absolute Gasteiger partial charge is 0.256 e. The largest absolute Gasteiger partial charge is 0.381 e. The third kappa shape index (κ3) is 3.49. The molecular formula is C20H21N3O2S. The first-order valence-corrected chi connectivity index (χ1v) is 9.68. The number of anilines is 1. The molecule has 1 aromatic carbocycles. The standard InChI is InChI=1S/C20H21N3O2S/c21-6-3-16-12-26-18-9-14(1-2-17(16)18)20(24)23-19-10-13(4-7-22-19)15-5-8-25-11-15/h1-2,4,7,9-10,12,15H,3,5-6,8,11,21H2,(H,22,23,24)/t15-/m0/s1. The molecule has 0 unspecified atom stereocenters. The van der Waals surface area contributed by atoms with Crippen molar-refractivity contribution < 1.29 is 9.53 Å². The summed E-state index contributed by atoms with van der Waals surface area (Å²) in [5, 5.41) is 6.21. The van der Waals surface area contributed by atoms with E-state index < -0.39 is 0 Å². The van der Waals surface area contributed by atoms with Crippen molar-refractivity contribution in [1.82, 2.24) is 4.98 Å². The predicted molar refractivity (Wildman–Crippen MR) is 105 cm³/mol. The minimum atomic E-state index is -0.145. The van der Waals surface area contributed by atoms with Crippen molar-refractivity contribution in [3.63, 3.8) is 0 Å². The molecule has 26 heavy (non-hydrogen) atoms. The van der Waals surface area contributed by atoms with Gasteiger partial charge >= 0.3 is 0 Å². The highest BCUT2D eigenvalue weighted by atomic mass is 32.1. The molecule has 1 amide bonds. The second-order valence-corrected chi connectivity index (χ2v) is 7.41. The van der Waals surface area contributed by atoms with Crippen LogP contribution < -0.4 is 11.1 Å². The van der Waals surface area contributed by atoms with Gasteiger partial charge in [-0.2, -0.15) is 0 Å². The lowest BCUT2D eigenvalue weighted by Gasteiger charge is -2.10. The zero-order valence-electron chi connectivity index (χ0n) is 14.4. The lowest BCUT2D eigenvalue weighted by Crippen LogP contribution is -2.13. The van der Waals surface area contributed by atoms with Gasteiger partial charge in [0.25, 0.3) is 5.91 Å². The Morgan fingerprint density at radius 3 is 3.08 bits per heavy atom. The van der Waals surface area contributed by atoms with Crippen LogP contribution >= 0.6 is 11.3 Å². The molecule has 2 aromatic heterocycles. The first-order chi connectivity index (χ1) is 12.7. The summed E-state index contributed by atoms with van der Waals surface area (Å²) in [7, 11) is 0. The van der Waals surface area contributed by atoms with Gasteiger partial charge in [0.2, 0.25) is 0 Å². The number of pyridine rings is 1. The van der Waals surface area contributed by atoms with E-state index in [0.29, 0.717) is 23.8 Å². The summed E-state index contributed by atoms with van der Waals surface area (Å²) in [6.45, 7) is 2.15. The Balaban J connectivity index is 1.52. The molecule has 134 valence electrons. The highest BCUT2D eigenvalue weighted by Crippen LogP contribution is 2.28. The summed E-state index contributed by atoms with van der Waals surface area (Å²) in [5.41, 5.74) is 8.70. The van der Waals surface area contributed by atoms with E-state index >= 15 is 0 Å². The highest BCUT2D eigenvalue weighted by Gasteiger charge is 2.18. The highest BCUT2D eigenvalue weighted by molar-refractivity contribution is 7.17. The molecular weight excluding hydrogens is 346 g/mol. The van der Waals surface area contributed by atoms with Crippen LogP contribution in [-0.4, -0.2) is 30.6 Å². The molecule has 1 aliphatic rings. The number of nitrogens with zero attached hydrogens (tertiary/aromatic N) is 1. The summed E-state index contributed by atoms with van der Waals surface area (Å²) >= 11 is 1.65. The number of benzene rings is 1. The summed E-state index contributed by atoms with van der Waals surface area (Å²) in [5.74, 6) is 0.819. The maximum atomic E-state index is 12.6. The molecule has 0 bridgehead atoms. The van der Waals surface area contributed by atoms with Crippen LogP contribution in [0.5, 0.6) is 0 Å². The van der Waals surface area contributed by atoms with Crippen LogP contribution in [0.2, 0.25) is 0 Å². The van der Waals surface area contributed by atoms with Gasteiger partial charge in [-0.15, -0.1) is 11.3 Å². The number of aromatic nitrogens is 1. The van der Waals surface area contributed by atoms with Gasteiger partial charge in [0.1, 0.15) is 5.82 Å². The van der Waals surface area contributed by atoms with Crippen molar-refractivity contribution >= 4 is 33.1 Å². The number of nitrogens with one attached hydrogen (secondary N) is 1. The van der Waals surface area contributed by atoms with Crippen molar-refractivity contribution in [3.05, 3.63) is 58.6 Å². The second kappa shape index (κ2) is 7.53. The molecule has 1 atom stereocenters. The Labute approximate surface area is 156 Å². The quantitative estimate of drug-likeness (QED) is 0.723. The number of hydrogen-bond donors (Lipinski definition) is 2. The molecule has 3 N–H and O–H groups in total. The SMILES string of the molecule is NCCc1csc2cc(C(=O)Nc3cc([C@H]4CCOC4)ccn3)ccc12. The second-order valence-electron chi connectivity index (χ2n) is 6.50. The molecule has 0 aliphatic carbocycles. The van der Waals surface area contributed by atoms with Gasteiger partial charge in [-0.3, -0.25) is 4.79 Å². The van der Waals surface area contributed by atoms with E-state index in [-0.39, 0.29) is 5.91 Å². The van der Waals surface area contributed by atoms with Crippen LogP contribution in [0, 0.1) is 0 Å². The minimum Gasteiger partial charge on any atom is -0.381 e. The fraction of sp³-hybridized carbons (Fsp3) is 0.300. The molecule has 4 rings (SSSR count). The number of amides is 1. The first-order valence-electron chi connectivity index (χ1n) is 8.80. The first kappa shape index (κ1) is 17.1. The molecule has 3 aromatic rings. The number of thiophene rings is 1. The molecule has 1 fully saturated rings. The monoisotopic (exact) mass is 367 g/mol. The molecule has 1 aliphatic heterocycles. The van der Waals surface area contributed by atoms with Crippen molar-refractivity contribution in [3.8, 4) is 0 Å². The summed E-state index contributed by atoms with van der Waals surface area (Å²) in [6, 6.07) is 9.74. The van der Waals surface area contributed by atoms with E-state index in [9.17, 15) is 4.79 Å². The number of rotatable bonds is 5. The van der Waals surface area contributed by atoms with E-state index in [4.69, 9.17) is 10.5 Å². The van der Waals surface area contributed by atoms with Crippen molar-refractivity contribution in [2.45, 2.75) is 18.8 Å². The van der Waals surface area contributed by atoms with Gasteiger partial charge in [0, 0.05) is 29.0 Å². The molecule has 5 nitrogen and oxygen atoms in total. The van der Waals surface area contributed by atoms with Crippen molar-refractivity contribution in [1.29, 1.82) is 0 Å². The third-order valence-corrected chi connectivity index (χ3v) is 5.75. The Kier molecular flexibility index (Phi) is 4.97. The Morgan fingerprint density at radius 2 is 2.27 bits per heavy atom. The minimum absolute atomic E-state index is 0.145. The number of nitrogens with two attached hydrogens (primary N) is 1. The van der Waals surface area contributed by atoms with E-state index in [1.54, 1.807) is 17.5 Å². The van der Waals surface area contributed by atoms with Crippen LogP contribution in [0.4, 0.5) is 5.82 Å². The molecule has 3 heterocycles. The summed E-state index contributed by atoms with van der Waals surface area (Å²) < 4.78 is 6.55. The third-order valence-electron chi connectivity index (χ3n) is 4.76. The van der Waals surface area contributed by atoms with Gasteiger partial charge in [-0.25, -0.2) is 4.98 Å². The predicted octanol–water partition coefficient (Wildman–Crippen LogP) is 3.55. The molecule has 0 radical (unpaired) electrons. The van der Waals surface area contributed by atoms with Crippen molar-refractivity contribution in [2.75, 3.05) is 25.1 Å². The van der Waals surface area contributed by atoms with Gasteiger partial charge in [-0.05, 0) is 65.5 Å². The Bertz CT molecular complexity index is 932. The molecule has 0 spiro atoms. The molecule has 1 saturated heterocycles. The lowest BCUT2D eigenvalue weighted by atomic mass is 10.00. The number of ether oxygens (including phenoxy) is 1. The summed E-state index contributed by atoms with van der Waals surface area (Å²) in [4.78, 5) is 16.9. The Morgan fingerprint density at radius 1 is 1.35 bits per heavy atom. The van der Waals surface area contributed by atoms with Crippen molar-refractivity contribution in [2.24, 2.45) is 5.73 Å². The average Bonchev–Trinajstić information content (AvgIpc) is 3.32.